The molecule has 6 nitrogen and oxygen atoms in total. The number of halogens is 3. The number of hydrogen-bond acceptors (Lipinski definition) is 5. The largest absolute Gasteiger partial charge is 0.446 e. The molecule has 0 atom stereocenters. The van der Waals surface area contributed by atoms with E-state index < -0.39 is 17.1 Å². The molecule has 1 aromatic heterocycles. The van der Waals surface area contributed by atoms with Gasteiger partial charge in [0, 0.05) is 11.1 Å². The molecule has 10 heteroatoms. The Hall–Kier alpha value is -2.75. The molecule has 2 fully saturated rings. The van der Waals surface area contributed by atoms with Crippen LogP contribution in [-0.2, 0) is 11.3 Å². The highest BCUT2D eigenvalue weighted by Gasteiger charge is 2.65. The van der Waals surface area contributed by atoms with E-state index in [4.69, 9.17) is 5.73 Å². The lowest BCUT2D eigenvalue weighted by atomic mass is 10.1. The Morgan fingerprint density at radius 3 is 2.39 bits per heavy atom. The molecule has 1 aromatic carbocycles. The molecule has 4 rings (SSSR count). The lowest BCUT2D eigenvalue weighted by Gasteiger charge is -2.22. The molecule has 3 amide bonds. The lowest BCUT2D eigenvalue weighted by molar-refractivity contribution is -0.120. The van der Waals surface area contributed by atoms with Crippen molar-refractivity contribution in [2.75, 3.05) is 10.6 Å². The maximum absolute atomic E-state index is 13.0. The monoisotopic (exact) mass is 408 g/mol. The van der Waals surface area contributed by atoms with Crippen LogP contribution < -0.4 is 10.6 Å². The van der Waals surface area contributed by atoms with E-state index >= 15 is 0 Å². The number of urea groups is 1. The number of anilines is 2. The number of carbonyl (C=O) groups is 2. The van der Waals surface area contributed by atoms with Crippen molar-refractivity contribution in [1.29, 1.82) is 0 Å². The zero-order valence-corrected chi connectivity index (χ0v) is 15.3. The number of aromatic nitrogens is 1. The minimum absolute atomic E-state index is 0.0158. The fourth-order valence-corrected chi connectivity index (χ4v) is 3.85. The Morgan fingerprint density at radius 1 is 1.14 bits per heavy atom. The maximum Gasteiger partial charge on any atom is 0.446 e. The number of nitrogens with two attached hydrogens (primary N) is 1. The van der Waals surface area contributed by atoms with Crippen LogP contribution in [0, 0.1) is 0 Å². The van der Waals surface area contributed by atoms with Crippen molar-refractivity contribution in [3.63, 3.8) is 0 Å². The summed E-state index contributed by atoms with van der Waals surface area (Å²) in [4.78, 5) is 32.3. The summed E-state index contributed by atoms with van der Waals surface area (Å²) < 4.78 is 37.5. The molecule has 0 unspecified atom stereocenters. The number of imide groups is 1. The molecular weight excluding hydrogens is 393 g/mol. The first-order valence-electron chi connectivity index (χ1n) is 8.42. The third-order valence-electron chi connectivity index (χ3n) is 4.87. The van der Waals surface area contributed by atoms with Crippen molar-refractivity contribution < 1.29 is 22.8 Å². The lowest BCUT2D eigenvalue weighted by Crippen LogP contribution is -2.36. The first kappa shape index (κ1) is 18.6. The second kappa shape index (κ2) is 6.40. The molecule has 2 heterocycles. The predicted molar refractivity (Wildman–Crippen MR) is 97.4 cm³/mol. The molecule has 0 radical (unpaired) electrons. The van der Waals surface area contributed by atoms with Gasteiger partial charge in [-0.25, -0.2) is 9.69 Å². The number of alkyl halides is 3. The molecule has 1 aliphatic heterocycles. The summed E-state index contributed by atoms with van der Waals surface area (Å²) in [5, 5.41) is 0. The van der Waals surface area contributed by atoms with Crippen LogP contribution in [0.5, 0.6) is 0 Å². The van der Waals surface area contributed by atoms with E-state index in [1.807, 2.05) is 0 Å². The Morgan fingerprint density at radius 2 is 1.82 bits per heavy atom. The third kappa shape index (κ3) is 3.17. The number of benzene rings is 1. The van der Waals surface area contributed by atoms with Gasteiger partial charge in [0.15, 0.2) is 0 Å². The van der Waals surface area contributed by atoms with E-state index in [2.05, 4.69) is 4.98 Å². The average Bonchev–Trinajstić information content (AvgIpc) is 3.39. The minimum atomic E-state index is -4.40. The summed E-state index contributed by atoms with van der Waals surface area (Å²) in [6.45, 7) is 0.164. The second-order valence-corrected chi connectivity index (χ2v) is 7.80. The minimum Gasteiger partial charge on any atom is -0.397 e. The van der Waals surface area contributed by atoms with Crippen LogP contribution in [0.3, 0.4) is 0 Å². The van der Waals surface area contributed by atoms with Gasteiger partial charge in [0.05, 0.1) is 24.1 Å². The van der Waals surface area contributed by atoms with Crippen LogP contribution in [0.15, 0.2) is 47.6 Å². The number of carbonyl (C=O) groups excluding carboxylic acids is 2. The fourth-order valence-electron chi connectivity index (χ4n) is 3.31. The van der Waals surface area contributed by atoms with E-state index in [-0.39, 0.29) is 34.8 Å². The SMILES string of the molecule is Nc1cnccc1CN1C(=O)N(c2ccc(SC(F)(F)F)cc2)C(=O)C12CC2. The molecule has 1 saturated carbocycles. The van der Waals surface area contributed by atoms with Gasteiger partial charge in [-0.2, -0.15) is 13.2 Å². The number of nitrogen functional groups attached to an aromatic ring is 1. The standard InChI is InChI=1S/C18H15F3N4O2S/c19-18(20,21)28-13-3-1-12(2-4-13)25-15(26)17(6-7-17)24(16(25)27)10-11-5-8-23-9-14(11)22/h1-5,8-9H,6-7,10,22H2. The molecule has 0 bridgehead atoms. The number of hydrogen-bond donors (Lipinski definition) is 1. The van der Waals surface area contributed by atoms with Gasteiger partial charge in [0.25, 0.3) is 5.91 Å². The topological polar surface area (TPSA) is 79.5 Å². The molecule has 146 valence electrons. The first-order valence-corrected chi connectivity index (χ1v) is 9.23. The molecular formula is C18H15F3N4O2S. The number of pyridine rings is 1. The van der Waals surface area contributed by atoms with Gasteiger partial charge in [-0.1, -0.05) is 0 Å². The van der Waals surface area contributed by atoms with Crippen molar-refractivity contribution >= 4 is 35.1 Å². The molecule has 2 aliphatic rings. The Kier molecular flexibility index (Phi) is 4.25. The highest BCUT2D eigenvalue weighted by atomic mass is 32.2. The van der Waals surface area contributed by atoms with E-state index in [0.29, 0.717) is 24.1 Å². The van der Waals surface area contributed by atoms with Crippen molar-refractivity contribution in [2.45, 2.75) is 35.3 Å². The van der Waals surface area contributed by atoms with Crippen molar-refractivity contribution in [1.82, 2.24) is 9.88 Å². The predicted octanol–water partition coefficient (Wildman–Crippen LogP) is 3.78. The van der Waals surface area contributed by atoms with Gasteiger partial charge in [-0.05, 0) is 60.5 Å². The van der Waals surface area contributed by atoms with E-state index in [1.165, 1.54) is 35.4 Å². The second-order valence-electron chi connectivity index (χ2n) is 6.66. The van der Waals surface area contributed by atoms with Gasteiger partial charge >= 0.3 is 11.5 Å². The molecule has 1 spiro atoms. The number of nitrogens with zero attached hydrogens (tertiary/aromatic N) is 3. The van der Waals surface area contributed by atoms with Crippen LogP contribution >= 0.6 is 11.8 Å². The Labute approximate surface area is 162 Å². The molecule has 1 saturated heterocycles. The average molecular weight is 408 g/mol. The summed E-state index contributed by atoms with van der Waals surface area (Å²) in [7, 11) is 0. The van der Waals surface area contributed by atoms with Gasteiger partial charge in [-0.15, -0.1) is 0 Å². The summed E-state index contributed by atoms with van der Waals surface area (Å²) in [5.74, 6) is -0.360. The molecule has 2 aromatic rings. The fraction of sp³-hybridized carbons (Fsp3) is 0.278. The normalized spacial score (nSPS) is 18.2. The van der Waals surface area contributed by atoms with Crippen LogP contribution in [0.25, 0.3) is 0 Å². The van der Waals surface area contributed by atoms with Gasteiger partial charge in [-0.3, -0.25) is 9.78 Å². The van der Waals surface area contributed by atoms with Gasteiger partial charge in [0.1, 0.15) is 5.54 Å². The van der Waals surface area contributed by atoms with Crippen molar-refractivity contribution in [3.05, 3.63) is 48.3 Å². The molecule has 2 N–H and O–H groups in total. The van der Waals surface area contributed by atoms with E-state index in [0.717, 1.165) is 4.90 Å². The number of amides is 3. The zero-order valence-electron chi connectivity index (χ0n) is 14.4. The summed E-state index contributed by atoms with van der Waals surface area (Å²) >= 11 is -0.249. The van der Waals surface area contributed by atoms with Gasteiger partial charge in [0.2, 0.25) is 0 Å². The Bertz CT molecular complexity index is 945. The third-order valence-corrected chi connectivity index (χ3v) is 5.61. The van der Waals surface area contributed by atoms with E-state index in [9.17, 15) is 22.8 Å². The van der Waals surface area contributed by atoms with Crippen LogP contribution in [0.4, 0.5) is 29.3 Å². The number of rotatable bonds is 4. The zero-order chi connectivity index (χ0) is 20.1. The first-order chi connectivity index (χ1) is 13.2. The van der Waals surface area contributed by atoms with Gasteiger partial charge < -0.3 is 10.6 Å². The van der Waals surface area contributed by atoms with Crippen molar-refractivity contribution in [2.24, 2.45) is 0 Å². The summed E-state index contributed by atoms with van der Waals surface area (Å²) in [6, 6.07) is 6.38. The van der Waals surface area contributed by atoms with Crippen LogP contribution in [0.1, 0.15) is 18.4 Å². The number of thioether (sulfide) groups is 1. The molecule has 28 heavy (non-hydrogen) atoms. The van der Waals surface area contributed by atoms with Crippen LogP contribution in [-0.4, -0.2) is 32.9 Å². The summed E-state index contributed by atoms with van der Waals surface area (Å²) in [5.41, 5.74) is 1.96. The Balaban J connectivity index is 1.60. The van der Waals surface area contributed by atoms with E-state index in [1.54, 1.807) is 12.3 Å². The quantitative estimate of drug-likeness (QED) is 0.615. The maximum atomic E-state index is 13.0. The highest BCUT2D eigenvalue weighted by Crippen LogP contribution is 2.50. The van der Waals surface area contributed by atoms with Crippen molar-refractivity contribution in [3.8, 4) is 0 Å². The smallest absolute Gasteiger partial charge is 0.397 e. The highest BCUT2D eigenvalue weighted by molar-refractivity contribution is 8.00. The summed E-state index contributed by atoms with van der Waals surface area (Å²) in [6.07, 6.45) is 4.12. The molecule has 1 aliphatic carbocycles. The van der Waals surface area contributed by atoms with Crippen LogP contribution in [0.2, 0.25) is 0 Å².